The highest BCUT2D eigenvalue weighted by molar-refractivity contribution is 5.91. The topological polar surface area (TPSA) is 72.6 Å². The number of nitrogens with zero attached hydrogens (tertiary/aromatic N) is 1. The Kier molecular flexibility index (Phi) is 3.06. The Morgan fingerprint density at radius 1 is 1.29 bits per heavy atom. The maximum Gasteiger partial charge on any atom is 0.400 e. The summed E-state index contributed by atoms with van der Waals surface area (Å²) < 4.78 is 23.9. The van der Waals surface area contributed by atoms with Gasteiger partial charge < -0.3 is 14.3 Å². The first-order chi connectivity index (χ1) is 10.0. The van der Waals surface area contributed by atoms with Gasteiger partial charge in [0.05, 0.1) is 5.56 Å². The van der Waals surface area contributed by atoms with Crippen molar-refractivity contribution >= 4 is 17.1 Å². The molecule has 0 unspecified atom stereocenters. The quantitative estimate of drug-likeness (QED) is 0.793. The van der Waals surface area contributed by atoms with Crippen LogP contribution in [-0.2, 0) is 0 Å². The van der Waals surface area contributed by atoms with E-state index in [0.29, 0.717) is 16.8 Å². The lowest BCUT2D eigenvalue weighted by Gasteiger charge is -2.03. The molecule has 1 N–H and O–H groups in total. The summed E-state index contributed by atoms with van der Waals surface area (Å²) in [4.78, 5) is 15.0. The number of carboxylic acids is 1. The third-order valence-corrected chi connectivity index (χ3v) is 2.96. The first-order valence-corrected chi connectivity index (χ1v) is 6.11. The number of ether oxygens (including phenoxy) is 1. The molecular formula is C15H10FNO4. The van der Waals surface area contributed by atoms with Crippen LogP contribution in [0, 0.1) is 12.7 Å². The molecule has 3 aromatic rings. The summed E-state index contributed by atoms with van der Waals surface area (Å²) in [5.74, 6) is -1.20. The lowest BCUT2D eigenvalue weighted by atomic mass is 10.2. The van der Waals surface area contributed by atoms with Crippen molar-refractivity contribution in [2.24, 2.45) is 0 Å². The average molecular weight is 287 g/mol. The average Bonchev–Trinajstić information content (AvgIpc) is 2.84. The van der Waals surface area contributed by atoms with Crippen LogP contribution in [0.2, 0.25) is 0 Å². The fourth-order valence-electron chi connectivity index (χ4n) is 1.86. The minimum absolute atomic E-state index is 0.0683. The number of carboxylic acid groups (broad SMARTS) is 1. The minimum Gasteiger partial charge on any atom is -0.478 e. The second kappa shape index (κ2) is 4.90. The van der Waals surface area contributed by atoms with Crippen molar-refractivity contribution in [1.82, 2.24) is 4.98 Å². The predicted molar refractivity (Wildman–Crippen MR) is 72.2 cm³/mol. The second-order valence-electron chi connectivity index (χ2n) is 4.48. The molecule has 0 amide bonds. The van der Waals surface area contributed by atoms with Gasteiger partial charge in [0.25, 0.3) is 0 Å². The standard InChI is InChI=1S/C15H10FNO4/c1-8-2-4-10(16)7-12(8)20-15-17-11-5-3-9(14(18)19)6-13(11)21-15/h2-7H,1H3,(H,18,19). The molecule has 0 fully saturated rings. The normalized spacial score (nSPS) is 10.8. The highest BCUT2D eigenvalue weighted by Gasteiger charge is 2.12. The zero-order valence-corrected chi connectivity index (χ0v) is 11.0. The first-order valence-electron chi connectivity index (χ1n) is 6.11. The molecule has 0 saturated heterocycles. The summed E-state index contributed by atoms with van der Waals surface area (Å²) in [7, 11) is 0. The van der Waals surface area contributed by atoms with Gasteiger partial charge in [0, 0.05) is 6.07 Å². The third-order valence-electron chi connectivity index (χ3n) is 2.96. The third kappa shape index (κ3) is 2.55. The summed E-state index contributed by atoms with van der Waals surface area (Å²) >= 11 is 0. The Bertz CT molecular complexity index is 841. The lowest BCUT2D eigenvalue weighted by Crippen LogP contribution is -1.94. The number of carbonyl (C=O) groups is 1. The van der Waals surface area contributed by atoms with Gasteiger partial charge in [-0.2, -0.15) is 4.98 Å². The zero-order chi connectivity index (χ0) is 15.0. The Hall–Kier alpha value is -2.89. The Labute approximate surface area is 118 Å². The van der Waals surface area contributed by atoms with Gasteiger partial charge in [-0.1, -0.05) is 6.07 Å². The van der Waals surface area contributed by atoms with Crippen LogP contribution in [0.15, 0.2) is 40.8 Å². The molecule has 0 aliphatic heterocycles. The Morgan fingerprint density at radius 2 is 2.10 bits per heavy atom. The van der Waals surface area contributed by atoms with Crippen LogP contribution >= 0.6 is 0 Å². The fourth-order valence-corrected chi connectivity index (χ4v) is 1.86. The molecule has 0 saturated carbocycles. The summed E-state index contributed by atoms with van der Waals surface area (Å²) in [5.41, 5.74) is 1.57. The molecule has 0 aliphatic rings. The number of hydrogen-bond donors (Lipinski definition) is 1. The van der Waals surface area contributed by atoms with Crippen molar-refractivity contribution in [2.45, 2.75) is 6.92 Å². The molecule has 5 nitrogen and oxygen atoms in total. The van der Waals surface area contributed by atoms with Crippen LogP contribution in [0.1, 0.15) is 15.9 Å². The summed E-state index contributed by atoms with van der Waals surface area (Å²) in [5, 5.41) is 8.92. The largest absolute Gasteiger partial charge is 0.478 e. The zero-order valence-electron chi connectivity index (χ0n) is 11.0. The van der Waals surface area contributed by atoms with Gasteiger partial charge in [-0.25, -0.2) is 9.18 Å². The molecule has 1 heterocycles. The molecule has 21 heavy (non-hydrogen) atoms. The lowest BCUT2D eigenvalue weighted by molar-refractivity contribution is 0.0697. The minimum atomic E-state index is -1.06. The van der Waals surface area contributed by atoms with E-state index < -0.39 is 11.8 Å². The second-order valence-corrected chi connectivity index (χ2v) is 4.48. The Balaban J connectivity index is 1.97. The molecule has 0 radical (unpaired) electrons. The maximum absolute atomic E-state index is 13.2. The highest BCUT2D eigenvalue weighted by Crippen LogP contribution is 2.28. The molecule has 1 aromatic heterocycles. The number of benzene rings is 2. The van der Waals surface area contributed by atoms with E-state index in [9.17, 15) is 9.18 Å². The summed E-state index contributed by atoms with van der Waals surface area (Å²) in [6.45, 7) is 1.76. The van der Waals surface area contributed by atoms with Gasteiger partial charge in [0.1, 0.15) is 17.1 Å². The smallest absolute Gasteiger partial charge is 0.400 e. The predicted octanol–water partition coefficient (Wildman–Crippen LogP) is 3.77. The van der Waals surface area contributed by atoms with Crippen LogP contribution in [0.4, 0.5) is 4.39 Å². The molecule has 0 spiro atoms. The molecule has 0 atom stereocenters. The first kappa shape index (κ1) is 13.1. The van der Waals surface area contributed by atoms with Gasteiger partial charge in [-0.05, 0) is 36.8 Å². The number of hydrogen-bond acceptors (Lipinski definition) is 4. The molecule has 3 rings (SSSR count). The van der Waals surface area contributed by atoms with E-state index in [1.165, 1.54) is 30.3 Å². The Morgan fingerprint density at radius 3 is 2.86 bits per heavy atom. The fraction of sp³-hybridized carbons (Fsp3) is 0.0667. The van der Waals surface area contributed by atoms with Crippen molar-refractivity contribution in [1.29, 1.82) is 0 Å². The number of aromatic carboxylic acids is 1. The van der Waals surface area contributed by atoms with Gasteiger partial charge in [-0.3, -0.25) is 0 Å². The van der Waals surface area contributed by atoms with Crippen LogP contribution in [0.5, 0.6) is 11.8 Å². The monoisotopic (exact) mass is 287 g/mol. The number of aromatic nitrogens is 1. The highest BCUT2D eigenvalue weighted by atomic mass is 19.1. The van der Waals surface area contributed by atoms with Crippen LogP contribution < -0.4 is 4.74 Å². The van der Waals surface area contributed by atoms with E-state index in [-0.39, 0.29) is 11.6 Å². The molecular weight excluding hydrogens is 277 g/mol. The van der Waals surface area contributed by atoms with E-state index in [0.717, 1.165) is 5.56 Å². The summed E-state index contributed by atoms with van der Waals surface area (Å²) in [6.07, 6.45) is -0.0683. The van der Waals surface area contributed by atoms with Gasteiger partial charge in [0.2, 0.25) is 0 Å². The van der Waals surface area contributed by atoms with E-state index in [1.54, 1.807) is 13.0 Å². The molecule has 2 aromatic carbocycles. The number of rotatable bonds is 3. The SMILES string of the molecule is Cc1ccc(F)cc1Oc1nc2ccc(C(=O)O)cc2o1. The van der Waals surface area contributed by atoms with Gasteiger partial charge in [0.15, 0.2) is 5.58 Å². The van der Waals surface area contributed by atoms with Crippen molar-refractivity contribution in [3.05, 3.63) is 53.3 Å². The number of oxazole rings is 1. The van der Waals surface area contributed by atoms with Crippen LogP contribution in [0.3, 0.4) is 0 Å². The number of fused-ring (bicyclic) bond motifs is 1. The van der Waals surface area contributed by atoms with Crippen molar-refractivity contribution in [3.63, 3.8) is 0 Å². The van der Waals surface area contributed by atoms with E-state index >= 15 is 0 Å². The van der Waals surface area contributed by atoms with Gasteiger partial charge in [-0.15, -0.1) is 0 Å². The summed E-state index contributed by atoms with van der Waals surface area (Å²) in [6, 6.07) is 8.43. The van der Waals surface area contributed by atoms with Gasteiger partial charge >= 0.3 is 12.0 Å². The molecule has 106 valence electrons. The number of halogens is 1. The maximum atomic E-state index is 13.2. The van der Waals surface area contributed by atoms with E-state index in [4.69, 9.17) is 14.3 Å². The number of aryl methyl sites for hydroxylation is 1. The van der Waals surface area contributed by atoms with Crippen molar-refractivity contribution in [3.8, 4) is 11.8 Å². The molecule has 0 bridgehead atoms. The van der Waals surface area contributed by atoms with Crippen molar-refractivity contribution < 1.29 is 23.4 Å². The van der Waals surface area contributed by atoms with Crippen molar-refractivity contribution in [2.75, 3.05) is 0 Å². The van der Waals surface area contributed by atoms with E-state index in [1.807, 2.05) is 0 Å². The van der Waals surface area contributed by atoms with Crippen LogP contribution in [-0.4, -0.2) is 16.1 Å². The van der Waals surface area contributed by atoms with Crippen LogP contribution in [0.25, 0.3) is 11.1 Å². The van der Waals surface area contributed by atoms with E-state index in [2.05, 4.69) is 4.98 Å². The molecule has 6 heteroatoms. The molecule has 0 aliphatic carbocycles.